The first-order chi connectivity index (χ1) is 10.6. The summed E-state index contributed by atoms with van der Waals surface area (Å²) in [6, 6.07) is 6.87. The van der Waals surface area contributed by atoms with E-state index in [1.807, 2.05) is 0 Å². The fraction of sp³-hybridized carbons (Fsp3) is 0.467. The van der Waals surface area contributed by atoms with Crippen LogP contribution in [0.4, 0.5) is 4.79 Å². The molecule has 2 saturated heterocycles. The fourth-order valence-corrected chi connectivity index (χ4v) is 3.96. The first kappa shape index (κ1) is 15.0. The zero-order valence-electron chi connectivity index (χ0n) is 12.3. The Morgan fingerprint density at radius 2 is 2.00 bits per heavy atom. The summed E-state index contributed by atoms with van der Waals surface area (Å²) in [5.41, 5.74) is -0.679. The van der Waals surface area contributed by atoms with Gasteiger partial charge in [-0.25, -0.2) is 4.79 Å². The van der Waals surface area contributed by atoms with Crippen molar-refractivity contribution < 1.29 is 19.1 Å². The summed E-state index contributed by atoms with van der Waals surface area (Å²) < 4.78 is 10.7. The lowest BCUT2D eigenvalue weighted by atomic mass is 9.99. The molecular formula is C15H18N2O4S. The Kier molecular flexibility index (Phi) is 4.15. The summed E-state index contributed by atoms with van der Waals surface area (Å²) in [6.45, 7) is 0.526. The first-order valence-corrected chi connectivity index (χ1v) is 8.29. The van der Waals surface area contributed by atoms with E-state index in [1.54, 1.807) is 43.1 Å². The van der Waals surface area contributed by atoms with Gasteiger partial charge in [0, 0.05) is 5.75 Å². The van der Waals surface area contributed by atoms with Gasteiger partial charge in [0.15, 0.2) is 0 Å². The number of imide groups is 1. The Morgan fingerprint density at radius 3 is 2.64 bits per heavy atom. The van der Waals surface area contributed by atoms with Crippen LogP contribution in [0.5, 0.6) is 11.5 Å². The summed E-state index contributed by atoms with van der Waals surface area (Å²) >= 11 is 1.70. The molecule has 1 N–H and O–H groups in total. The van der Waals surface area contributed by atoms with Crippen molar-refractivity contribution in [1.82, 2.24) is 10.2 Å². The molecule has 0 bridgehead atoms. The van der Waals surface area contributed by atoms with Crippen LogP contribution in [0, 0.1) is 0 Å². The smallest absolute Gasteiger partial charge is 0.325 e. The van der Waals surface area contributed by atoms with Gasteiger partial charge in [-0.2, -0.15) is 11.8 Å². The van der Waals surface area contributed by atoms with E-state index in [1.165, 1.54) is 4.90 Å². The molecule has 0 radical (unpaired) electrons. The average Bonchev–Trinajstić information content (AvgIpc) is 3.09. The third kappa shape index (κ3) is 2.72. The minimum Gasteiger partial charge on any atom is -0.497 e. The largest absolute Gasteiger partial charge is 0.497 e. The average molecular weight is 322 g/mol. The Bertz CT molecular complexity index is 569. The third-order valence-electron chi connectivity index (χ3n) is 3.91. The van der Waals surface area contributed by atoms with Gasteiger partial charge in [0.1, 0.15) is 23.6 Å². The Labute approximate surface area is 133 Å². The SMILES string of the molecule is COc1ccc(OCCN2C(=O)NC3(CCSC3)C2=O)cc1. The van der Waals surface area contributed by atoms with Gasteiger partial charge < -0.3 is 14.8 Å². The van der Waals surface area contributed by atoms with Crippen LogP contribution in [0.2, 0.25) is 0 Å². The summed E-state index contributed by atoms with van der Waals surface area (Å²) in [5, 5.41) is 2.84. The molecular weight excluding hydrogens is 304 g/mol. The van der Waals surface area contributed by atoms with Crippen LogP contribution in [0.25, 0.3) is 0 Å². The molecule has 6 nitrogen and oxygen atoms in total. The Morgan fingerprint density at radius 1 is 1.27 bits per heavy atom. The number of thioether (sulfide) groups is 1. The topological polar surface area (TPSA) is 67.9 Å². The molecule has 1 unspecified atom stereocenters. The van der Waals surface area contributed by atoms with Gasteiger partial charge in [-0.05, 0) is 36.4 Å². The van der Waals surface area contributed by atoms with Crippen molar-refractivity contribution in [3.63, 3.8) is 0 Å². The predicted molar refractivity (Wildman–Crippen MR) is 83.4 cm³/mol. The van der Waals surface area contributed by atoms with Crippen LogP contribution < -0.4 is 14.8 Å². The van der Waals surface area contributed by atoms with E-state index in [4.69, 9.17) is 9.47 Å². The Balaban J connectivity index is 1.55. The highest BCUT2D eigenvalue weighted by Crippen LogP contribution is 2.33. The second kappa shape index (κ2) is 6.08. The molecule has 1 aromatic rings. The number of rotatable bonds is 5. The first-order valence-electron chi connectivity index (χ1n) is 7.13. The van der Waals surface area contributed by atoms with Crippen LogP contribution in [-0.2, 0) is 4.79 Å². The number of amides is 3. The van der Waals surface area contributed by atoms with Crippen molar-refractivity contribution in [3.05, 3.63) is 24.3 Å². The lowest BCUT2D eigenvalue weighted by molar-refractivity contribution is -0.130. The van der Waals surface area contributed by atoms with E-state index in [-0.39, 0.29) is 25.1 Å². The van der Waals surface area contributed by atoms with Crippen molar-refractivity contribution in [3.8, 4) is 11.5 Å². The lowest BCUT2D eigenvalue weighted by Gasteiger charge is -2.19. The van der Waals surface area contributed by atoms with Crippen LogP contribution >= 0.6 is 11.8 Å². The molecule has 0 aromatic heterocycles. The molecule has 2 heterocycles. The molecule has 3 amide bonds. The molecule has 7 heteroatoms. The number of methoxy groups -OCH3 is 1. The van der Waals surface area contributed by atoms with Crippen LogP contribution in [0.3, 0.4) is 0 Å². The monoisotopic (exact) mass is 322 g/mol. The highest BCUT2D eigenvalue weighted by Gasteiger charge is 2.52. The van der Waals surface area contributed by atoms with Gasteiger partial charge in [0.2, 0.25) is 0 Å². The van der Waals surface area contributed by atoms with E-state index >= 15 is 0 Å². The number of nitrogens with one attached hydrogen (secondary N) is 1. The minimum atomic E-state index is -0.679. The minimum absolute atomic E-state index is 0.124. The normalized spacial score (nSPS) is 24.0. The summed E-state index contributed by atoms with van der Waals surface area (Å²) in [6.07, 6.45) is 0.706. The van der Waals surface area contributed by atoms with Crippen molar-refractivity contribution in [1.29, 1.82) is 0 Å². The Hall–Kier alpha value is -1.89. The maximum absolute atomic E-state index is 12.4. The van der Waals surface area contributed by atoms with Crippen LogP contribution in [-0.4, -0.2) is 54.1 Å². The number of carbonyl (C=O) groups excluding carboxylic acids is 2. The van der Waals surface area contributed by atoms with Crippen molar-refractivity contribution in [2.24, 2.45) is 0 Å². The van der Waals surface area contributed by atoms with Gasteiger partial charge in [0.25, 0.3) is 5.91 Å². The number of carbonyl (C=O) groups is 2. The number of nitrogens with zero attached hydrogens (tertiary/aromatic N) is 1. The number of hydrogen-bond acceptors (Lipinski definition) is 5. The number of benzene rings is 1. The molecule has 2 aliphatic heterocycles. The molecule has 2 aliphatic rings. The van der Waals surface area contributed by atoms with E-state index in [0.29, 0.717) is 17.9 Å². The summed E-state index contributed by atoms with van der Waals surface area (Å²) in [5.74, 6) is 2.87. The van der Waals surface area contributed by atoms with E-state index in [2.05, 4.69) is 5.32 Å². The molecule has 2 fully saturated rings. The van der Waals surface area contributed by atoms with Gasteiger partial charge in [-0.15, -0.1) is 0 Å². The molecule has 0 saturated carbocycles. The van der Waals surface area contributed by atoms with Gasteiger partial charge in [0.05, 0.1) is 13.7 Å². The summed E-state index contributed by atoms with van der Waals surface area (Å²) in [4.78, 5) is 25.7. The van der Waals surface area contributed by atoms with E-state index < -0.39 is 5.54 Å². The zero-order chi connectivity index (χ0) is 15.6. The van der Waals surface area contributed by atoms with Gasteiger partial charge >= 0.3 is 6.03 Å². The molecule has 1 atom stereocenters. The fourth-order valence-electron chi connectivity index (χ4n) is 2.64. The second-order valence-corrected chi connectivity index (χ2v) is 6.40. The van der Waals surface area contributed by atoms with Gasteiger partial charge in [-0.3, -0.25) is 9.69 Å². The molecule has 22 heavy (non-hydrogen) atoms. The van der Waals surface area contributed by atoms with E-state index in [0.717, 1.165) is 11.5 Å². The van der Waals surface area contributed by atoms with Crippen molar-refractivity contribution in [2.45, 2.75) is 12.0 Å². The highest BCUT2D eigenvalue weighted by atomic mass is 32.2. The van der Waals surface area contributed by atoms with E-state index in [9.17, 15) is 9.59 Å². The van der Waals surface area contributed by atoms with Crippen LogP contribution in [0.15, 0.2) is 24.3 Å². The molecule has 1 aromatic carbocycles. The second-order valence-electron chi connectivity index (χ2n) is 5.30. The molecule has 1 spiro atoms. The quantitative estimate of drug-likeness (QED) is 0.832. The third-order valence-corrected chi connectivity index (χ3v) is 5.10. The number of hydrogen-bond donors (Lipinski definition) is 1. The van der Waals surface area contributed by atoms with Crippen molar-refractivity contribution in [2.75, 3.05) is 31.8 Å². The number of urea groups is 1. The molecule has 3 rings (SSSR count). The maximum Gasteiger partial charge on any atom is 0.325 e. The molecule has 0 aliphatic carbocycles. The maximum atomic E-state index is 12.4. The predicted octanol–water partition coefficient (Wildman–Crippen LogP) is 1.50. The summed E-state index contributed by atoms with van der Waals surface area (Å²) in [7, 11) is 1.60. The zero-order valence-corrected chi connectivity index (χ0v) is 13.1. The lowest BCUT2D eigenvalue weighted by Crippen LogP contribution is -2.47. The highest BCUT2D eigenvalue weighted by molar-refractivity contribution is 7.99. The number of ether oxygens (including phenoxy) is 2. The molecule has 118 valence electrons. The van der Waals surface area contributed by atoms with Gasteiger partial charge in [-0.1, -0.05) is 0 Å². The standard InChI is InChI=1S/C15H18N2O4S/c1-20-11-2-4-12(5-3-11)21-8-7-17-13(18)15(16-14(17)19)6-9-22-10-15/h2-5H,6-10H2,1H3,(H,16,19). The van der Waals surface area contributed by atoms with Crippen LogP contribution in [0.1, 0.15) is 6.42 Å². The van der Waals surface area contributed by atoms with Crippen molar-refractivity contribution >= 4 is 23.7 Å².